The molecule has 8 bridgehead atoms. The number of rotatable bonds is 20. The van der Waals surface area contributed by atoms with Crippen molar-refractivity contribution in [3.63, 3.8) is 0 Å². The average molecular weight is 777 g/mol. The van der Waals surface area contributed by atoms with E-state index in [1.165, 1.54) is 70.6 Å². The molecule has 1 fully saturated rings. The first-order valence-corrected chi connectivity index (χ1v) is 21.9. The van der Waals surface area contributed by atoms with Crippen LogP contribution in [0.2, 0.25) is 0 Å². The van der Waals surface area contributed by atoms with E-state index in [1.807, 2.05) is 32.1 Å². The van der Waals surface area contributed by atoms with E-state index in [9.17, 15) is 19.8 Å². The maximum atomic E-state index is 13.4. The summed E-state index contributed by atoms with van der Waals surface area (Å²) in [5.74, 6) is -0.555. The van der Waals surface area contributed by atoms with Gasteiger partial charge in [-0.05, 0) is 75.0 Å². The molecule has 0 radical (unpaired) electrons. The molecule has 0 saturated carbocycles. The lowest BCUT2D eigenvalue weighted by Crippen LogP contribution is -2.15. The van der Waals surface area contributed by atoms with Gasteiger partial charge < -0.3 is 20.3 Å². The van der Waals surface area contributed by atoms with Crippen LogP contribution >= 0.6 is 0 Å². The van der Waals surface area contributed by atoms with E-state index in [-0.39, 0.29) is 30.0 Å². The first-order valence-electron chi connectivity index (χ1n) is 21.9. The number of carboxylic acids is 1. The average Bonchev–Trinajstić information content (AvgIpc) is 3.93. The third-order valence-electron chi connectivity index (χ3n) is 12.6. The van der Waals surface area contributed by atoms with E-state index in [0.717, 1.165) is 93.3 Å². The normalized spacial score (nSPS) is 21.3. The maximum Gasteiger partial charge on any atom is 0.311 e. The summed E-state index contributed by atoms with van der Waals surface area (Å²) in [5, 5.41) is 24.6. The Morgan fingerprint density at radius 1 is 0.772 bits per heavy atom. The van der Waals surface area contributed by atoms with Crippen LogP contribution in [-0.4, -0.2) is 39.3 Å². The van der Waals surface area contributed by atoms with E-state index >= 15 is 0 Å². The molecule has 0 aromatic heterocycles. The van der Waals surface area contributed by atoms with E-state index in [0.29, 0.717) is 36.4 Å². The standard InChI is InChI=1S/C48H64N4O5/c1-7-9-10-11-12-13-14-15-16-17-18-19-20-21-22-44(56)57-48-32(6)39-26-37-30(4)34(23-24-43(54)55)46(51-37)35-25-42(53)45-31(5)38(52-47(35)45)27-40-33(8-2)29(3)36(49-40)28-41(48)50-39/h26-28,30,34,51,53H,7-25H2,1-6H3,(H,54,55)/t30-,34-/m0/s1. The number of unbranched alkanes of at least 4 members (excludes halogenated alkanes) is 13. The number of aliphatic carboxylic acids is 1. The molecule has 0 spiro atoms. The van der Waals surface area contributed by atoms with Gasteiger partial charge in [0.15, 0.2) is 5.76 Å². The van der Waals surface area contributed by atoms with Gasteiger partial charge in [-0.2, -0.15) is 0 Å². The molecule has 9 heteroatoms. The lowest BCUT2D eigenvalue weighted by atomic mass is 9.86. The fourth-order valence-corrected chi connectivity index (χ4v) is 9.12. The van der Waals surface area contributed by atoms with Gasteiger partial charge in [-0.15, -0.1) is 0 Å². The summed E-state index contributed by atoms with van der Waals surface area (Å²) in [6.07, 6.45) is 25.4. The third-order valence-corrected chi connectivity index (χ3v) is 12.6. The number of hydrogen-bond acceptors (Lipinski definition) is 8. The molecule has 5 aliphatic heterocycles. The highest BCUT2D eigenvalue weighted by Crippen LogP contribution is 2.46. The van der Waals surface area contributed by atoms with E-state index in [4.69, 9.17) is 19.7 Å². The van der Waals surface area contributed by atoms with Crippen molar-refractivity contribution in [2.45, 2.75) is 164 Å². The summed E-state index contributed by atoms with van der Waals surface area (Å²) in [7, 11) is 0. The van der Waals surface area contributed by atoms with Gasteiger partial charge in [0.2, 0.25) is 0 Å². The van der Waals surface area contributed by atoms with Gasteiger partial charge in [-0.25, -0.2) is 15.0 Å². The second kappa shape index (κ2) is 19.3. The minimum atomic E-state index is -0.847. The Hall–Kier alpha value is -4.53. The molecule has 0 amide bonds. The molecule has 9 nitrogen and oxygen atoms in total. The van der Waals surface area contributed by atoms with Crippen LogP contribution in [0.3, 0.4) is 0 Å². The molecule has 1 aliphatic carbocycles. The number of carbonyl (C=O) groups excluding carboxylic acids is 1. The lowest BCUT2D eigenvalue weighted by molar-refractivity contribution is -0.139. The van der Waals surface area contributed by atoms with Gasteiger partial charge >= 0.3 is 11.9 Å². The Balaban J connectivity index is 1.20. The van der Waals surface area contributed by atoms with Crippen LogP contribution < -0.4 is 5.32 Å². The summed E-state index contributed by atoms with van der Waals surface area (Å²) in [4.78, 5) is 40.4. The zero-order chi connectivity index (χ0) is 40.6. The first kappa shape index (κ1) is 42.1. The van der Waals surface area contributed by atoms with Gasteiger partial charge in [-0.1, -0.05) is 104 Å². The van der Waals surface area contributed by atoms with Crippen LogP contribution in [0.5, 0.6) is 0 Å². The number of nitrogens with zero attached hydrogens (tertiary/aromatic N) is 3. The van der Waals surface area contributed by atoms with E-state index < -0.39 is 5.97 Å². The zero-order valence-corrected chi connectivity index (χ0v) is 35.3. The van der Waals surface area contributed by atoms with Gasteiger partial charge in [0.25, 0.3) is 0 Å². The highest BCUT2D eigenvalue weighted by Gasteiger charge is 2.41. The van der Waals surface area contributed by atoms with Gasteiger partial charge in [0.05, 0.1) is 28.5 Å². The first-order chi connectivity index (χ1) is 27.5. The number of carbonyl (C=O) groups is 2. The smallest absolute Gasteiger partial charge is 0.311 e. The van der Waals surface area contributed by atoms with Crippen molar-refractivity contribution < 1.29 is 24.5 Å². The molecule has 0 aromatic rings. The summed E-state index contributed by atoms with van der Waals surface area (Å²) < 4.78 is 6.18. The summed E-state index contributed by atoms with van der Waals surface area (Å²) in [6.45, 7) is 12.5. The van der Waals surface area contributed by atoms with Crippen LogP contribution in [0.1, 0.15) is 164 Å². The minimum Gasteiger partial charge on any atom is -0.511 e. The number of aliphatic hydroxyl groups is 1. The molecule has 2 atom stereocenters. The molecule has 306 valence electrons. The fourth-order valence-electron chi connectivity index (χ4n) is 9.12. The number of nitrogens with one attached hydrogen (secondary N) is 1. The predicted molar refractivity (Wildman–Crippen MR) is 230 cm³/mol. The van der Waals surface area contributed by atoms with Gasteiger partial charge in [0.1, 0.15) is 11.5 Å². The molecule has 3 N–H and O–H groups in total. The van der Waals surface area contributed by atoms with E-state index in [2.05, 4.69) is 33.0 Å². The Morgan fingerprint density at radius 2 is 1.39 bits per heavy atom. The summed E-state index contributed by atoms with van der Waals surface area (Å²) in [5.41, 5.74) is 11.6. The number of fused-ring (bicyclic) bond motifs is 5. The topological polar surface area (TPSA) is 133 Å². The van der Waals surface area contributed by atoms with Crippen molar-refractivity contribution in [3.05, 3.63) is 91.7 Å². The van der Waals surface area contributed by atoms with Crippen LogP contribution in [0.15, 0.2) is 107 Å². The SMILES string of the molecule is CCCCCCCCCCCCCCCCC(=O)OC1=C(C)C2=NC1=CC1=NC(=CC3=C(C)C4=C(O)CC(=C5NC(=C2)[C@@H](C)[C@@H]5CCC(=O)O)C4=N3)C(CC)=C1C. The Bertz CT molecular complexity index is 1990. The Labute approximate surface area is 340 Å². The molecule has 57 heavy (non-hydrogen) atoms. The molecule has 5 heterocycles. The molecule has 6 aliphatic rings. The number of carboxylic acid groups (broad SMARTS) is 1. The van der Waals surface area contributed by atoms with Crippen molar-refractivity contribution >= 4 is 29.1 Å². The van der Waals surface area contributed by atoms with Crippen LogP contribution in [-0.2, 0) is 14.3 Å². The quantitative estimate of drug-likeness (QED) is 0.0833. The molecule has 0 aromatic carbocycles. The maximum absolute atomic E-state index is 13.4. The molecule has 1 saturated heterocycles. The van der Waals surface area contributed by atoms with Crippen molar-refractivity contribution in [2.24, 2.45) is 26.8 Å². The zero-order valence-electron chi connectivity index (χ0n) is 35.3. The number of allylic oxidation sites excluding steroid dienone is 11. The third kappa shape index (κ3) is 9.61. The second-order valence-electron chi connectivity index (χ2n) is 16.7. The van der Waals surface area contributed by atoms with Crippen molar-refractivity contribution in [2.75, 3.05) is 0 Å². The van der Waals surface area contributed by atoms with Crippen molar-refractivity contribution in [1.82, 2.24) is 5.32 Å². The number of hydrogen-bond donors (Lipinski definition) is 3. The van der Waals surface area contributed by atoms with Crippen LogP contribution in [0.25, 0.3) is 0 Å². The second-order valence-corrected chi connectivity index (χ2v) is 16.7. The molecule has 6 rings (SSSR count). The van der Waals surface area contributed by atoms with E-state index in [1.54, 1.807) is 0 Å². The number of aliphatic hydroxyl groups excluding tert-OH is 1. The fraction of sp³-hybridized carbons (Fsp3) is 0.562. The number of aliphatic imine (C=N–C) groups is 3. The largest absolute Gasteiger partial charge is 0.511 e. The van der Waals surface area contributed by atoms with Gasteiger partial charge in [-0.3, -0.25) is 9.59 Å². The molecular formula is C48H64N4O5. The van der Waals surface area contributed by atoms with Crippen LogP contribution in [0.4, 0.5) is 0 Å². The highest BCUT2D eigenvalue weighted by atomic mass is 16.5. The molecular weight excluding hydrogens is 713 g/mol. The van der Waals surface area contributed by atoms with Gasteiger partial charge in [0, 0.05) is 59.2 Å². The number of ether oxygens (including phenoxy) is 1. The Kier molecular flexibility index (Phi) is 14.2. The highest BCUT2D eigenvalue weighted by molar-refractivity contribution is 6.21. The molecule has 0 unspecified atom stereocenters. The minimum absolute atomic E-state index is 0.0197. The Morgan fingerprint density at radius 3 is 2.02 bits per heavy atom. The van der Waals surface area contributed by atoms with Crippen molar-refractivity contribution in [3.8, 4) is 0 Å². The lowest BCUT2D eigenvalue weighted by Gasteiger charge is -2.17. The summed E-state index contributed by atoms with van der Waals surface area (Å²) in [6, 6.07) is 0. The summed E-state index contributed by atoms with van der Waals surface area (Å²) >= 11 is 0. The number of esters is 1. The predicted octanol–water partition coefficient (Wildman–Crippen LogP) is 11.9. The monoisotopic (exact) mass is 776 g/mol. The van der Waals surface area contributed by atoms with Crippen molar-refractivity contribution in [1.29, 1.82) is 0 Å². The van der Waals surface area contributed by atoms with Crippen LogP contribution in [0, 0.1) is 11.8 Å².